The summed E-state index contributed by atoms with van der Waals surface area (Å²) in [6, 6.07) is 3.55. The molecule has 0 spiro atoms. The maximum atomic E-state index is 12.9. The fraction of sp³-hybridized carbons (Fsp3) is 0.450. The number of carboxylic acid groups (broad SMARTS) is 1. The van der Waals surface area contributed by atoms with Crippen molar-refractivity contribution in [3.63, 3.8) is 0 Å². The van der Waals surface area contributed by atoms with Crippen LogP contribution in [0, 0.1) is 5.92 Å². The topological polar surface area (TPSA) is 109 Å². The van der Waals surface area contributed by atoms with E-state index in [4.69, 9.17) is 9.52 Å². The number of carboxylic acids is 1. The van der Waals surface area contributed by atoms with E-state index in [1.807, 2.05) is 0 Å². The van der Waals surface area contributed by atoms with Gasteiger partial charge in [0.15, 0.2) is 0 Å². The average Bonchev–Trinajstić information content (AvgIpc) is 3.26. The number of carbonyl (C=O) groups excluding carboxylic acids is 2. The lowest BCUT2D eigenvalue weighted by Crippen LogP contribution is -2.25. The molecule has 1 aliphatic carbocycles. The number of furan rings is 1. The van der Waals surface area contributed by atoms with E-state index in [0.717, 1.165) is 29.7 Å². The molecule has 0 unspecified atom stereocenters. The fourth-order valence-corrected chi connectivity index (χ4v) is 4.76. The Morgan fingerprint density at radius 3 is 2.86 bits per heavy atom. The molecular weight excluding hydrogens is 380 g/mol. The summed E-state index contributed by atoms with van der Waals surface area (Å²) in [6.45, 7) is 2.46. The third-order valence-corrected chi connectivity index (χ3v) is 5.96. The molecule has 0 saturated carbocycles. The maximum absolute atomic E-state index is 12.9. The van der Waals surface area contributed by atoms with Crippen LogP contribution in [0.2, 0.25) is 0 Å². The van der Waals surface area contributed by atoms with Crippen LogP contribution >= 0.6 is 11.3 Å². The Bertz CT molecular complexity index is 856. The SMILES string of the molecule is C[C@@H]1CCc2c(sc(NC(=O)CCCC(=O)O)c2C(=O)NCc2ccco2)C1. The second-order valence-corrected chi connectivity index (χ2v) is 8.22. The van der Waals surface area contributed by atoms with E-state index in [-0.39, 0.29) is 37.6 Å². The van der Waals surface area contributed by atoms with E-state index in [2.05, 4.69) is 17.6 Å². The van der Waals surface area contributed by atoms with Gasteiger partial charge < -0.3 is 20.2 Å². The Kier molecular flexibility index (Phi) is 6.51. The minimum Gasteiger partial charge on any atom is -0.481 e. The Morgan fingerprint density at radius 2 is 2.14 bits per heavy atom. The lowest BCUT2D eigenvalue weighted by Gasteiger charge is -2.18. The zero-order valence-corrected chi connectivity index (χ0v) is 16.6. The van der Waals surface area contributed by atoms with Crippen LogP contribution in [0.15, 0.2) is 22.8 Å². The quantitative estimate of drug-likeness (QED) is 0.623. The zero-order valence-electron chi connectivity index (χ0n) is 15.7. The largest absolute Gasteiger partial charge is 0.481 e. The molecule has 2 aromatic rings. The van der Waals surface area contributed by atoms with Gasteiger partial charge >= 0.3 is 5.97 Å². The van der Waals surface area contributed by atoms with Gasteiger partial charge in [-0.3, -0.25) is 14.4 Å². The van der Waals surface area contributed by atoms with E-state index in [9.17, 15) is 14.4 Å². The summed E-state index contributed by atoms with van der Waals surface area (Å²) in [4.78, 5) is 36.9. The average molecular weight is 404 g/mol. The molecule has 1 aliphatic rings. The number of hydrogen-bond donors (Lipinski definition) is 3. The molecule has 1 atom stereocenters. The van der Waals surface area contributed by atoms with Gasteiger partial charge in [-0.2, -0.15) is 0 Å². The Hall–Kier alpha value is -2.61. The van der Waals surface area contributed by atoms with E-state index >= 15 is 0 Å². The van der Waals surface area contributed by atoms with Crippen LogP contribution in [-0.4, -0.2) is 22.9 Å². The highest BCUT2D eigenvalue weighted by molar-refractivity contribution is 7.17. The number of anilines is 1. The summed E-state index contributed by atoms with van der Waals surface area (Å²) in [6.07, 6.45) is 4.59. The predicted molar refractivity (Wildman–Crippen MR) is 106 cm³/mol. The standard InChI is InChI=1S/C20H24N2O5S/c1-12-7-8-14-15(10-12)28-20(22-16(23)5-2-6-17(24)25)18(14)19(26)21-11-13-4-3-9-27-13/h3-4,9,12H,2,5-8,10-11H2,1H3,(H,21,26)(H,22,23)(H,24,25)/t12-/m1/s1. The third kappa shape index (κ3) is 5.01. The molecule has 8 heteroatoms. The number of rotatable bonds is 8. The van der Waals surface area contributed by atoms with E-state index in [0.29, 0.717) is 22.2 Å². The Morgan fingerprint density at radius 1 is 1.32 bits per heavy atom. The lowest BCUT2D eigenvalue weighted by atomic mass is 9.88. The molecule has 0 saturated heterocycles. The summed E-state index contributed by atoms with van der Waals surface area (Å²) < 4.78 is 5.26. The monoisotopic (exact) mass is 404 g/mol. The van der Waals surface area contributed by atoms with Crippen LogP contribution in [0.5, 0.6) is 0 Å². The van der Waals surface area contributed by atoms with Crippen LogP contribution in [0.3, 0.4) is 0 Å². The Labute approximate surface area is 167 Å². The molecule has 3 N–H and O–H groups in total. The molecular formula is C20H24N2O5S. The molecule has 3 rings (SSSR count). The highest BCUT2D eigenvalue weighted by atomic mass is 32.1. The van der Waals surface area contributed by atoms with Gasteiger partial charge in [-0.15, -0.1) is 11.3 Å². The van der Waals surface area contributed by atoms with Gasteiger partial charge in [-0.1, -0.05) is 6.92 Å². The summed E-state index contributed by atoms with van der Waals surface area (Å²) in [5.41, 5.74) is 1.55. The third-order valence-electron chi connectivity index (χ3n) is 4.79. The van der Waals surface area contributed by atoms with E-state index in [1.54, 1.807) is 18.4 Å². The molecule has 150 valence electrons. The van der Waals surface area contributed by atoms with E-state index in [1.165, 1.54) is 11.3 Å². The second-order valence-electron chi connectivity index (χ2n) is 7.11. The van der Waals surface area contributed by atoms with Crippen molar-refractivity contribution in [1.82, 2.24) is 5.32 Å². The van der Waals surface area contributed by atoms with Crippen LogP contribution in [-0.2, 0) is 29.0 Å². The number of nitrogens with one attached hydrogen (secondary N) is 2. The predicted octanol–water partition coefficient (Wildman–Crippen LogP) is 3.59. The molecule has 2 aromatic heterocycles. The van der Waals surface area contributed by atoms with Gasteiger partial charge in [0.1, 0.15) is 10.8 Å². The van der Waals surface area contributed by atoms with Crippen molar-refractivity contribution in [3.8, 4) is 0 Å². The minimum atomic E-state index is -0.925. The summed E-state index contributed by atoms with van der Waals surface area (Å²) >= 11 is 1.45. The first-order valence-electron chi connectivity index (χ1n) is 9.40. The van der Waals surface area contributed by atoms with Crippen LogP contribution < -0.4 is 10.6 Å². The first-order chi connectivity index (χ1) is 13.4. The van der Waals surface area contributed by atoms with Crippen molar-refractivity contribution >= 4 is 34.1 Å². The highest BCUT2D eigenvalue weighted by Gasteiger charge is 2.28. The fourth-order valence-electron chi connectivity index (χ4n) is 3.34. The summed E-state index contributed by atoms with van der Waals surface area (Å²) in [7, 11) is 0. The number of amides is 2. The Balaban J connectivity index is 1.75. The molecule has 0 aromatic carbocycles. The van der Waals surface area contributed by atoms with Crippen molar-refractivity contribution < 1.29 is 23.9 Å². The molecule has 0 bridgehead atoms. The lowest BCUT2D eigenvalue weighted by molar-refractivity contribution is -0.137. The molecule has 2 amide bonds. The first kappa shape index (κ1) is 20.1. The van der Waals surface area contributed by atoms with Crippen molar-refractivity contribution in [3.05, 3.63) is 40.2 Å². The summed E-state index contributed by atoms with van der Waals surface area (Å²) in [5, 5.41) is 15.0. The maximum Gasteiger partial charge on any atom is 0.303 e. The molecule has 0 aliphatic heterocycles. The normalized spacial score (nSPS) is 15.7. The van der Waals surface area contributed by atoms with Gasteiger partial charge in [0.25, 0.3) is 5.91 Å². The molecule has 0 fully saturated rings. The zero-order chi connectivity index (χ0) is 20.1. The van der Waals surface area contributed by atoms with Crippen LogP contribution in [0.25, 0.3) is 0 Å². The van der Waals surface area contributed by atoms with Crippen molar-refractivity contribution in [2.45, 2.75) is 52.0 Å². The molecule has 2 heterocycles. The number of fused-ring (bicyclic) bond motifs is 1. The van der Waals surface area contributed by atoms with E-state index < -0.39 is 5.97 Å². The van der Waals surface area contributed by atoms with Crippen molar-refractivity contribution in [2.75, 3.05) is 5.32 Å². The van der Waals surface area contributed by atoms with Crippen molar-refractivity contribution in [2.24, 2.45) is 5.92 Å². The summed E-state index contributed by atoms with van der Waals surface area (Å²) in [5.74, 6) is -0.224. The number of hydrogen-bond acceptors (Lipinski definition) is 5. The smallest absolute Gasteiger partial charge is 0.303 e. The van der Waals surface area contributed by atoms with Gasteiger partial charge in [-0.05, 0) is 49.3 Å². The molecule has 7 nitrogen and oxygen atoms in total. The van der Waals surface area contributed by atoms with Gasteiger partial charge in [0, 0.05) is 17.7 Å². The molecule has 0 radical (unpaired) electrons. The first-order valence-corrected chi connectivity index (χ1v) is 10.2. The number of thiophene rings is 1. The molecule has 28 heavy (non-hydrogen) atoms. The number of carbonyl (C=O) groups is 3. The second kappa shape index (κ2) is 9.05. The number of aliphatic carboxylic acids is 1. The van der Waals surface area contributed by atoms with Gasteiger partial charge in [0.2, 0.25) is 5.91 Å². The van der Waals surface area contributed by atoms with Crippen LogP contribution in [0.1, 0.15) is 59.2 Å². The minimum absolute atomic E-state index is 0.0532. The van der Waals surface area contributed by atoms with Gasteiger partial charge in [-0.25, -0.2) is 0 Å². The van der Waals surface area contributed by atoms with Crippen LogP contribution in [0.4, 0.5) is 5.00 Å². The van der Waals surface area contributed by atoms with Crippen molar-refractivity contribution in [1.29, 1.82) is 0 Å². The van der Waals surface area contributed by atoms with Gasteiger partial charge in [0.05, 0.1) is 18.4 Å². The highest BCUT2D eigenvalue weighted by Crippen LogP contribution is 2.39.